The highest BCUT2D eigenvalue weighted by molar-refractivity contribution is 5.74. The summed E-state index contributed by atoms with van der Waals surface area (Å²) in [5, 5.41) is 19.1. The number of pyridine rings is 1. The van der Waals surface area contributed by atoms with Crippen LogP contribution in [0.3, 0.4) is 0 Å². The number of aromatic nitrogens is 4. The molecule has 3 rings (SSSR count). The van der Waals surface area contributed by atoms with E-state index in [2.05, 4.69) is 15.3 Å². The maximum Gasteiger partial charge on any atom is 0.113 e. The van der Waals surface area contributed by atoms with E-state index in [0.717, 1.165) is 16.6 Å². The number of rotatable bonds is 4. The van der Waals surface area contributed by atoms with Gasteiger partial charge in [0.15, 0.2) is 0 Å². The Labute approximate surface area is 123 Å². The predicted molar refractivity (Wildman–Crippen MR) is 80.7 cm³/mol. The predicted octanol–water partition coefficient (Wildman–Crippen LogP) is 2.43. The molecule has 5 heteroatoms. The molecule has 2 heterocycles. The molecule has 5 nitrogen and oxygen atoms in total. The first-order valence-corrected chi connectivity index (χ1v) is 7.06. The third kappa shape index (κ3) is 2.52. The van der Waals surface area contributed by atoms with E-state index >= 15 is 0 Å². The number of aliphatic hydroxyl groups excluding tert-OH is 1. The van der Waals surface area contributed by atoms with Gasteiger partial charge in [0.1, 0.15) is 11.6 Å². The fourth-order valence-electron chi connectivity index (χ4n) is 2.50. The van der Waals surface area contributed by atoms with Crippen LogP contribution in [0.25, 0.3) is 11.0 Å². The molecular formula is C16H18N4O. The highest BCUT2D eigenvalue weighted by Gasteiger charge is 2.28. The highest BCUT2D eigenvalue weighted by Crippen LogP contribution is 2.28. The van der Waals surface area contributed by atoms with Gasteiger partial charge in [-0.15, -0.1) is 5.10 Å². The number of fused-ring (bicyclic) bond motifs is 1. The van der Waals surface area contributed by atoms with Crippen molar-refractivity contribution in [3.05, 3.63) is 54.4 Å². The number of benzene rings is 1. The Kier molecular flexibility index (Phi) is 3.66. The molecule has 0 aliphatic carbocycles. The van der Waals surface area contributed by atoms with Crippen LogP contribution in [0.1, 0.15) is 25.5 Å². The molecule has 1 N–H and O–H groups in total. The van der Waals surface area contributed by atoms with Gasteiger partial charge in [-0.1, -0.05) is 31.2 Å². The maximum atomic E-state index is 10.7. The second-order valence-electron chi connectivity index (χ2n) is 5.48. The van der Waals surface area contributed by atoms with Crippen molar-refractivity contribution in [3.63, 3.8) is 0 Å². The summed E-state index contributed by atoms with van der Waals surface area (Å²) in [4.78, 5) is 4.05. The summed E-state index contributed by atoms with van der Waals surface area (Å²) in [7, 11) is 0. The van der Waals surface area contributed by atoms with Crippen molar-refractivity contribution < 1.29 is 5.11 Å². The minimum absolute atomic E-state index is 0.103. The smallest absolute Gasteiger partial charge is 0.113 e. The molecule has 21 heavy (non-hydrogen) atoms. The molecule has 2 atom stereocenters. The van der Waals surface area contributed by atoms with Crippen LogP contribution in [0.5, 0.6) is 0 Å². The van der Waals surface area contributed by atoms with Crippen LogP contribution in [-0.2, 0) is 0 Å². The molecule has 3 aromatic rings. The van der Waals surface area contributed by atoms with Gasteiger partial charge >= 0.3 is 0 Å². The van der Waals surface area contributed by atoms with Crippen molar-refractivity contribution >= 4 is 11.0 Å². The van der Waals surface area contributed by atoms with Crippen molar-refractivity contribution in [1.29, 1.82) is 0 Å². The SMILES string of the molecule is CC(C)C(O)C(c1ccncc1)n1nnc2ccccc21. The van der Waals surface area contributed by atoms with Gasteiger partial charge in [0.25, 0.3) is 0 Å². The van der Waals surface area contributed by atoms with Gasteiger partial charge in [0, 0.05) is 12.4 Å². The molecule has 0 saturated carbocycles. The van der Waals surface area contributed by atoms with Gasteiger partial charge in [-0.05, 0) is 35.7 Å². The lowest BCUT2D eigenvalue weighted by atomic mass is 9.94. The number of hydrogen-bond donors (Lipinski definition) is 1. The normalized spacial score (nSPS) is 14.5. The van der Waals surface area contributed by atoms with Crippen LogP contribution in [0.4, 0.5) is 0 Å². The molecule has 0 spiro atoms. The molecule has 2 aromatic heterocycles. The van der Waals surface area contributed by atoms with Gasteiger partial charge in [0.05, 0.1) is 11.6 Å². The highest BCUT2D eigenvalue weighted by atomic mass is 16.3. The van der Waals surface area contributed by atoms with E-state index in [1.165, 1.54) is 0 Å². The van der Waals surface area contributed by atoms with Crippen molar-refractivity contribution in [2.75, 3.05) is 0 Å². The summed E-state index contributed by atoms with van der Waals surface area (Å²) < 4.78 is 1.80. The Hall–Kier alpha value is -2.27. The molecule has 0 radical (unpaired) electrons. The zero-order valence-corrected chi connectivity index (χ0v) is 12.1. The summed E-state index contributed by atoms with van der Waals surface area (Å²) in [5.41, 5.74) is 2.72. The van der Waals surface area contributed by atoms with Crippen molar-refractivity contribution in [2.45, 2.75) is 26.0 Å². The molecule has 2 unspecified atom stereocenters. The third-order valence-corrected chi connectivity index (χ3v) is 3.70. The van der Waals surface area contributed by atoms with Crippen molar-refractivity contribution in [1.82, 2.24) is 20.0 Å². The molecule has 1 aromatic carbocycles. The third-order valence-electron chi connectivity index (χ3n) is 3.70. The Balaban J connectivity index is 2.15. The topological polar surface area (TPSA) is 63.8 Å². The fourth-order valence-corrected chi connectivity index (χ4v) is 2.50. The van der Waals surface area contributed by atoms with Crippen LogP contribution in [0, 0.1) is 5.92 Å². The number of nitrogens with zero attached hydrogens (tertiary/aromatic N) is 4. The van der Waals surface area contributed by atoms with E-state index < -0.39 is 6.10 Å². The number of hydrogen-bond acceptors (Lipinski definition) is 4. The van der Waals surface area contributed by atoms with Crippen molar-refractivity contribution in [3.8, 4) is 0 Å². The van der Waals surface area contributed by atoms with Gasteiger partial charge in [0.2, 0.25) is 0 Å². The Bertz CT molecular complexity index is 723. The van der Waals surface area contributed by atoms with Crippen molar-refractivity contribution in [2.24, 2.45) is 5.92 Å². The van der Waals surface area contributed by atoms with Gasteiger partial charge in [-0.2, -0.15) is 0 Å². The number of para-hydroxylation sites is 1. The molecular weight excluding hydrogens is 264 g/mol. The zero-order valence-electron chi connectivity index (χ0n) is 12.1. The molecule has 0 aliphatic heterocycles. The summed E-state index contributed by atoms with van der Waals surface area (Å²) in [6.07, 6.45) is 2.90. The number of aliphatic hydroxyl groups is 1. The largest absolute Gasteiger partial charge is 0.390 e. The fraction of sp³-hybridized carbons (Fsp3) is 0.312. The molecule has 0 aliphatic rings. The summed E-state index contributed by atoms with van der Waals surface area (Å²) in [6, 6.07) is 11.3. The van der Waals surface area contributed by atoms with E-state index in [1.54, 1.807) is 17.1 Å². The van der Waals surface area contributed by atoms with Gasteiger partial charge in [-0.3, -0.25) is 4.98 Å². The minimum Gasteiger partial charge on any atom is -0.390 e. The maximum absolute atomic E-state index is 10.7. The van der Waals surface area contributed by atoms with E-state index in [1.807, 2.05) is 50.2 Å². The van der Waals surface area contributed by atoms with Crippen LogP contribution < -0.4 is 0 Å². The van der Waals surface area contributed by atoms with Crippen LogP contribution in [0.2, 0.25) is 0 Å². The first kappa shape index (κ1) is 13.7. The van der Waals surface area contributed by atoms with Gasteiger partial charge < -0.3 is 5.11 Å². The monoisotopic (exact) mass is 282 g/mol. The Morgan fingerprint density at radius 2 is 1.76 bits per heavy atom. The van der Waals surface area contributed by atoms with E-state index in [-0.39, 0.29) is 12.0 Å². The standard InChI is InChI=1S/C16H18N4O/c1-11(2)16(21)15(12-7-9-17-10-8-12)20-14-6-4-3-5-13(14)18-19-20/h3-11,15-16,21H,1-2H3. The quantitative estimate of drug-likeness (QED) is 0.798. The lowest BCUT2D eigenvalue weighted by molar-refractivity contribution is 0.0813. The first-order chi connectivity index (χ1) is 10.2. The average molecular weight is 282 g/mol. The molecule has 0 fully saturated rings. The summed E-state index contributed by atoms with van der Waals surface area (Å²) >= 11 is 0. The first-order valence-electron chi connectivity index (χ1n) is 7.06. The molecule has 0 saturated heterocycles. The lowest BCUT2D eigenvalue weighted by Crippen LogP contribution is -2.30. The Morgan fingerprint density at radius 3 is 2.48 bits per heavy atom. The second kappa shape index (κ2) is 5.61. The van der Waals surface area contributed by atoms with Gasteiger partial charge in [-0.25, -0.2) is 4.68 Å². The Morgan fingerprint density at radius 1 is 1.05 bits per heavy atom. The molecule has 108 valence electrons. The molecule has 0 amide bonds. The van der Waals surface area contributed by atoms with Crippen LogP contribution >= 0.6 is 0 Å². The zero-order chi connectivity index (χ0) is 14.8. The minimum atomic E-state index is -0.558. The summed E-state index contributed by atoms with van der Waals surface area (Å²) in [6.45, 7) is 4.00. The lowest BCUT2D eigenvalue weighted by Gasteiger charge is -2.26. The second-order valence-corrected chi connectivity index (χ2v) is 5.48. The van der Waals surface area contributed by atoms with E-state index in [0.29, 0.717) is 0 Å². The average Bonchev–Trinajstić information content (AvgIpc) is 2.93. The summed E-state index contributed by atoms with van der Waals surface area (Å²) in [5.74, 6) is 0.103. The van der Waals surface area contributed by atoms with E-state index in [9.17, 15) is 5.11 Å². The molecule has 0 bridgehead atoms. The van der Waals surface area contributed by atoms with Crippen LogP contribution in [0.15, 0.2) is 48.8 Å². The van der Waals surface area contributed by atoms with Crippen LogP contribution in [-0.4, -0.2) is 31.2 Å². The van der Waals surface area contributed by atoms with E-state index in [4.69, 9.17) is 0 Å².